The van der Waals surface area contributed by atoms with E-state index in [1.54, 1.807) is 11.9 Å². The summed E-state index contributed by atoms with van der Waals surface area (Å²) >= 11 is 0. The molecule has 162 valence electrons. The first-order valence-electron chi connectivity index (χ1n) is 11.0. The molecular weight excluding hydrogens is 376 g/mol. The Hall–Kier alpha value is -2.37. The second-order valence-corrected chi connectivity index (χ2v) is 8.29. The van der Waals surface area contributed by atoms with Crippen molar-refractivity contribution in [2.45, 2.75) is 51.2 Å². The first kappa shape index (κ1) is 22.3. The van der Waals surface area contributed by atoms with Crippen molar-refractivity contribution >= 4 is 11.6 Å². The number of carbonyl (C=O) groups excluding carboxylic acids is 1. The van der Waals surface area contributed by atoms with Gasteiger partial charge in [0.25, 0.3) is 0 Å². The summed E-state index contributed by atoms with van der Waals surface area (Å²) in [5.74, 6) is 0.632. The van der Waals surface area contributed by atoms with Gasteiger partial charge in [-0.2, -0.15) is 0 Å². The number of para-hydroxylation sites is 2. The maximum atomic E-state index is 13.0. The molecule has 1 aliphatic heterocycles. The fraction of sp³-hybridized carbons (Fsp3) is 0.480. The molecule has 0 atom stereocenters. The van der Waals surface area contributed by atoms with Gasteiger partial charge in [-0.05, 0) is 37.0 Å². The maximum absolute atomic E-state index is 13.0. The van der Waals surface area contributed by atoms with Crippen LogP contribution in [0.3, 0.4) is 0 Å². The number of ether oxygens (including phenoxy) is 1. The summed E-state index contributed by atoms with van der Waals surface area (Å²) in [4.78, 5) is 16.9. The zero-order valence-electron chi connectivity index (χ0n) is 18.2. The van der Waals surface area contributed by atoms with Gasteiger partial charge in [0.05, 0.1) is 24.3 Å². The summed E-state index contributed by atoms with van der Waals surface area (Å²) in [5.41, 5.74) is 1.08. The highest BCUT2D eigenvalue weighted by Gasteiger charge is 2.35. The van der Waals surface area contributed by atoms with Gasteiger partial charge in [-0.1, -0.05) is 55.8 Å². The van der Waals surface area contributed by atoms with Crippen molar-refractivity contribution in [3.8, 4) is 5.75 Å². The van der Waals surface area contributed by atoms with E-state index in [2.05, 4.69) is 24.0 Å². The number of hydrogen-bond acceptors (Lipinski definition) is 4. The fourth-order valence-corrected chi connectivity index (χ4v) is 3.86. The van der Waals surface area contributed by atoms with E-state index >= 15 is 0 Å². The lowest BCUT2D eigenvalue weighted by atomic mass is 9.87. The molecule has 1 amide bonds. The molecule has 1 aliphatic rings. The van der Waals surface area contributed by atoms with Crippen molar-refractivity contribution in [3.05, 3.63) is 60.2 Å². The molecule has 0 radical (unpaired) electrons. The monoisotopic (exact) mass is 410 g/mol. The zero-order valence-corrected chi connectivity index (χ0v) is 18.2. The van der Waals surface area contributed by atoms with Crippen LogP contribution in [-0.2, 0) is 11.3 Å². The highest BCUT2D eigenvalue weighted by atomic mass is 16.5. The Bertz CT molecular complexity index is 801. The van der Waals surface area contributed by atoms with E-state index in [0.717, 1.165) is 38.2 Å². The van der Waals surface area contributed by atoms with Crippen LogP contribution < -0.4 is 9.64 Å². The number of rotatable bonds is 9. The molecular formula is C25H34N2O3. The van der Waals surface area contributed by atoms with E-state index in [0.29, 0.717) is 25.2 Å². The number of nitrogens with zero attached hydrogens (tertiary/aromatic N) is 2. The molecule has 2 aromatic carbocycles. The van der Waals surface area contributed by atoms with Gasteiger partial charge in [-0.3, -0.25) is 9.69 Å². The minimum Gasteiger partial charge on any atom is -0.491 e. The summed E-state index contributed by atoms with van der Waals surface area (Å²) in [6.07, 6.45) is 3.38. The smallest absolute Gasteiger partial charge is 0.229 e. The molecule has 1 heterocycles. The van der Waals surface area contributed by atoms with Gasteiger partial charge >= 0.3 is 0 Å². The SMILES string of the molecule is CCCCOc1ccccc1N(C)C(=O)CC1(O)CCN(Cc2ccccc2)CC1. The summed E-state index contributed by atoms with van der Waals surface area (Å²) in [7, 11) is 1.76. The topological polar surface area (TPSA) is 53.0 Å². The minimum atomic E-state index is -0.948. The van der Waals surface area contributed by atoms with Crippen LogP contribution in [0.5, 0.6) is 5.75 Å². The largest absolute Gasteiger partial charge is 0.491 e. The normalized spacial score (nSPS) is 16.2. The Morgan fingerprint density at radius 2 is 1.77 bits per heavy atom. The van der Waals surface area contributed by atoms with Gasteiger partial charge in [0.15, 0.2) is 0 Å². The van der Waals surface area contributed by atoms with Gasteiger partial charge < -0.3 is 14.7 Å². The number of anilines is 1. The van der Waals surface area contributed by atoms with Crippen molar-refractivity contribution < 1.29 is 14.6 Å². The van der Waals surface area contributed by atoms with Crippen molar-refractivity contribution in [2.24, 2.45) is 0 Å². The number of benzene rings is 2. The van der Waals surface area contributed by atoms with Crippen molar-refractivity contribution in [1.29, 1.82) is 0 Å². The maximum Gasteiger partial charge on any atom is 0.229 e. The molecule has 0 saturated carbocycles. The van der Waals surface area contributed by atoms with Crippen LogP contribution >= 0.6 is 0 Å². The van der Waals surface area contributed by atoms with Crippen molar-refractivity contribution in [2.75, 3.05) is 31.6 Å². The van der Waals surface area contributed by atoms with E-state index in [1.807, 2.05) is 42.5 Å². The summed E-state index contributed by atoms with van der Waals surface area (Å²) in [5, 5.41) is 11.1. The first-order chi connectivity index (χ1) is 14.5. The summed E-state index contributed by atoms with van der Waals surface area (Å²) < 4.78 is 5.87. The van der Waals surface area contributed by atoms with Crippen LogP contribution in [0, 0.1) is 0 Å². The molecule has 1 saturated heterocycles. The predicted molar refractivity (Wildman–Crippen MR) is 121 cm³/mol. The molecule has 0 spiro atoms. The minimum absolute atomic E-state index is 0.0828. The van der Waals surface area contributed by atoms with Gasteiger partial charge in [0, 0.05) is 26.7 Å². The lowest BCUT2D eigenvalue weighted by molar-refractivity contribution is -0.125. The van der Waals surface area contributed by atoms with E-state index in [9.17, 15) is 9.90 Å². The van der Waals surface area contributed by atoms with E-state index in [-0.39, 0.29) is 12.3 Å². The Kier molecular flexibility index (Phi) is 7.88. The van der Waals surface area contributed by atoms with Crippen molar-refractivity contribution in [1.82, 2.24) is 4.90 Å². The molecule has 0 bridgehead atoms. The first-order valence-corrected chi connectivity index (χ1v) is 11.0. The Morgan fingerprint density at radius 1 is 1.10 bits per heavy atom. The Balaban J connectivity index is 1.55. The molecule has 0 aliphatic carbocycles. The van der Waals surface area contributed by atoms with Gasteiger partial charge in [-0.15, -0.1) is 0 Å². The second-order valence-electron chi connectivity index (χ2n) is 8.29. The summed E-state index contributed by atoms with van der Waals surface area (Å²) in [6.45, 7) is 5.22. The number of amides is 1. The summed E-state index contributed by atoms with van der Waals surface area (Å²) in [6, 6.07) is 18.0. The Labute approximate surface area is 180 Å². The van der Waals surface area contributed by atoms with Crippen molar-refractivity contribution in [3.63, 3.8) is 0 Å². The molecule has 0 unspecified atom stereocenters. The molecule has 2 aromatic rings. The Morgan fingerprint density at radius 3 is 2.47 bits per heavy atom. The lowest BCUT2D eigenvalue weighted by Gasteiger charge is -2.38. The predicted octanol–water partition coefficient (Wildman–Crippen LogP) is 4.25. The molecule has 0 aromatic heterocycles. The van der Waals surface area contributed by atoms with E-state index in [4.69, 9.17) is 4.74 Å². The average molecular weight is 411 g/mol. The number of unbranched alkanes of at least 4 members (excludes halogenated alkanes) is 1. The number of hydrogen-bond donors (Lipinski definition) is 1. The van der Waals surface area contributed by atoms with E-state index in [1.165, 1.54) is 5.56 Å². The molecule has 1 N–H and O–H groups in total. The standard InChI is InChI=1S/C25H34N2O3/c1-3-4-18-30-23-13-9-8-12-22(23)26(2)24(28)19-25(29)14-16-27(17-15-25)20-21-10-6-5-7-11-21/h5-13,29H,3-4,14-20H2,1-2H3. The number of piperidine rings is 1. The third-order valence-corrected chi connectivity index (χ3v) is 5.87. The second kappa shape index (κ2) is 10.6. The third-order valence-electron chi connectivity index (χ3n) is 5.87. The fourth-order valence-electron chi connectivity index (χ4n) is 3.86. The molecule has 5 heteroatoms. The number of carbonyl (C=O) groups is 1. The van der Waals surface area contributed by atoms with Crippen LogP contribution in [-0.4, -0.2) is 48.3 Å². The number of likely N-dealkylation sites (tertiary alicyclic amines) is 1. The average Bonchev–Trinajstić information content (AvgIpc) is 2.76. The molecule has 5 nitrogen and oxygen atoms in total. The zero-order chi connectivity index (χ0) is 21.4. The van der Waals surface area contributed by atoms with Crippen LogP contribution in [0.1, 0.15) is 44.6 Å². The molecule has 30 heavy (non-hydrogen) atoms. The van der Waals surface area contributed by atoms with Gasteiger partial charge in [0.2, 0.25) is 5.91 Å². The quantitative estimate of drug-likeness (QED) is 0.628. The van der Waals surface area contributed by atoms with Gasteiger partial charge in [0.1, 0.15) is 5.75 Å². The van der Waals surface area contributed by atoms with Gasteiger partial charge in [-0.25, -0.2) is 0 Å². The number of aliphatic hydroxyl groups is 1. The lowest BCUT2D eigenvalue weighted by Crippen LogP contribution is -2.47. The van der Waals surface area contributed by atoms with Crippen LogP contribution in [0.25, 0.3) is 0 Å². The highest BCUT2D eigenvalue weighted by molar-refractivity contribution is 5.94. The van der Waals surface area contributed by atoms with E-state index < -0.39 is 5.60 Å². The molecule has 3 rings (SSSR count). The van der Waals surface area contributed by atoms with Crippen LogP contribution in [0.4, 0.5) is 5.69 Å². The highest BCUT2D eigenvalue weighted by Crippen LogP contribution is 2.31. The van der Waals surface area contributed by atoms with Crippen LogP contribution in [0.2, 0.25) is 0 Å². The molecule has 1 fully saturated rings. The van der Waals surface area contributed by atoms with Crippen LogP contribution in [0.15, 0.2) is 54.6 Å². The third kappa shape index (κ3) is 6.07.